The zero-order valence-corrected chi connectivity index (χ0v) is 18.3. The smallest absolute Gasteiger partial charge is 0.261 e. The highest BCUT2D eigenvalue weighted by atomic mass is 16.3. The van der Waals surface area contributed by atoms with Crippen LogP contribution in [0.4, 0.5) is 0 Å². The molecule has 3 heterocycles. The molecular formula is C27H16N6O2. The molecule has 0 aromatic carbocycles. The second-order valence-electron chi connectivity index (χ2n) is 6.84. The molecule has 8 heteroatoms. The third-order valence-electron chi connectivity index (χ3n) is 4.69. The van der Waals surface area contributed by atoms with E-state index >= 15 is 0 Å². The summed E-state index contributed by atoms with van der Waals surface area (Å²) in [5.41, 5.74) is 1.47. The molecule has 3 rings (SSSR count). The molecule has 0 atom stereocenters. The molecule has 0 amide bonds. The van der Waals surface area contributed by atoms with E-state index < -0.39 is 0 Å². The average Bonchev–Trinajstić information content (AvgIpc) is 3.62. The summed E-state index contributed by atoms with van der Waals surface area (Å²) in [6.07, 6.45) is 9.55. The van der Waals surface area contributed by atoms with Crippen LogP contribution in [0.5, 0.6) is 0 Å². The van der Waals surface area contributed by atoms with Crippen LogP contribution in [0.25, 0.3) is 44.8 Å². The van der Waals surface area contributed by atoms with Crippen LogP contribution >= 0.6 is 0 Å². The zero-order valence-electron chi connectivity index (χ0n) is 18.3. The van der Waals surface area contributed by atoms with Crippen LogP contribution in [0.1, 0.15) is 17.9 Å². The van der Waals surface area contributed by atoms with Crippen molar-refractivity contribution in [1.82, 2.24) is 4.57 Å². The van der Waals surface area contributed by atoms with E-state index in [1.165, 1.54) is 12.2 Å². The van der Waals surface area contributed by atoms with Crippen LogP contribution in [-0.2, 0) is 6.54 Å². The first-order valence-electron chi connectivity index (χ1n) is 10.2. The maximum atomic E-state index is 9.13. The van der Waals surface area contributed by atoms with Crippen molar-refractivity contribution in [3.8, 4) is 41.1 Å². The summed E-state index contributed by atoms with van der Waals surface area (Å²) in [5, 5.41) is 26.8. The second kappa shape index (κ2) is 11.8. The molecule has 0 fully saturated rings. The van der Waals surface area contributed by atoms with Crippen LogP contribution < -0.4 is 0 Å². The predicted molar refractivity (Wildman–Crippen MR) is 129 cm³/mol. The highest BCUT2D eigenvalue weighted by Gasteiger charge is 2.16. The van der Waals surface area contributed by atoms with E-state index in [0.29, 0.717) is 29.6 Å². The van der Waals surface area contributed by atoms with Crippen molar-refractivity contribution in [2.75, 3.05) is 0 Å². The molecule has 3 aromatic heterocycles. The van der Waals surface area contributed by atoms with E-state index in [9.17, 15) is 0 Å². The fraction of sp³-hybridized carbons (Fsp3) is 0.0741. The van der Waals surface area contributed by atoms with E-state index in [1.54, 1.807) is 60.7 Å². The van der Waals surface area contributed by atoms with E-state index in [-0.39, 0.29) is 17.8 Å². The van der Waals surface area contributed by atoms with E-state index in [0.717, 1.165) is 11.4 Å². The van der Waals surface area contributed by atoms with Crippen molar-refractivity contribution in [2.24, 2.45) is 0 Å². The van der Waals surface area contributed by atoms with Crippen molar-refractivity contribution in [3.63, 3.8) is 0 Å². The molecule has 0 aliphatic rings. The van der Waals surface area contributed by atoms with Crippen molar-refractivity contribution in [3.05, 3.63) is 106 Å². The van der Waals surface area contributed by atoms with Gasteiger partial charge in [-0.05, 0) is 60.7 Å². The van der Waals surface area contributed by atoms with Gasteiger partial charge in [-0.1, -0.05) is 12.2 Å². The first-order valence-corrected chi connectivity index (χ1v) is 10.2. The summed E-state index contributed by atoms with van der Waals surface area (Å²) in [4.78, 5) is 6.19. The molecule has 0 saturated carbocycles. The molecule has 0 radical (unpaired) electrons. The monoisotopic (exact) mass is 456 g/mol. The van der Waals surface area contributed by atoms with E-state index in [1.807, 2.05) is 16.7 Å². The molecule has 0 aliphatic heterocycles. The summed E-state index contributed by atoms with van der Waals surface area (Å²) in [6.45, 7) is 14.2. The third-order valence-corrected chi connectivity index (χ3v) is 4.69. The first-order chi connectivity index (χ1) is 17.1. The van der Waals surface area contributed by atoms with E-state index in [2.05, 4.69) is 15.8 Å². The highest BCUT2D eigenvalue weighted by Crippen LogP contribution is 2.32. The summed E-state index contributed by atoms with van der Waals surface area (Å²) in [7, 11) is 0. The molecule has 8 nitrogen and oxygen atoms in total. The van der Waals surface area contributed by atoms with Gasteiger partial charge in [0.2, 0.25) is 0 Å². The Hall–Kier alpha value is -5.75. The lowest BCUT2D eigenvalue weighted by molar-refractivity contribution is 0.554. The SMILES string of the molecule is [C-]#[N+]/C(C#N)=C\C=C\c1ccc(-c2ccc(-c3ccc(/C=C/C=C(\C#N)[N+]#[C-])o3)n2CCC#N)o1. The molecule has 0 N–H and O–H groups in total. The highest BCUT2D eigenvalue weighted by molar-refractivity contribution is 5.66. The van der Waals surface area contributed by atoms with Gasteiger partial charge in [0.05, 0.1) is 49.2 Å². The van der Waals surface area contributed by atoms with Gasteiger partial charge in [0.25, 0.3) is 11.4 Å². The lowest BCUT2D eigenvalue weighted by Gasteiger charge is -2.09. The Bertz CT molecular complexity index is 1410. The van der Waals surface area contributed by atoms with Gasteiger partial charge in [-0.25, -0.2) is 20.2 Å². The first kappa shape index (κ1) is 23.9. The Kier molecular flexibility index (Phi) is 8.03. The maximum Gasteiger partial charge on any atom is 0.261 e. The zero-order chi connectivity index (χ0) is 25.0. The lowest BCUT2D eigenvalue weighted by atomic mass is 10.3. The van der Waals surface area contributed by atoms with Gasteiger partial charge in [-0.3, -0.25) is 0 Å². The molecule has 35 heavy (non-hydrogen) atoms. The van der Waals surface area contributed by atoms with Gasteiger partial charge in [0.1, 0.15) is 11.5 Å². The molecule has 3 aromatic rings. The van der Waals surface area contributed by atoms with Gasteiger partial charge in [-0.15, -0.1) is 0 Å². The number of allylic oxidation sites excluding steroid dienone is 6. The van der Waals surface area contributed by atoms with Crippen LogP contribution in [0.3, 0.4) is 0 Å². The van der Waals surface area contributed by atoms with Crippen molar-refractivity contribution in [2.45, 2.75) is 13.0 Å². The number of furan rings is 2. The van der Waals surface area contributed by atoms with Crippen LogP contribution in [0, 0.1) is 47.1 Å². The van der Waals surface area contributed by atoms with Gasteiger partial charge in [-0.2, -0.15) is 5.26 Å². The van der Waals surface area contributed by atoms with Crippen molar-refractivity contribution >= 4 is 12.2 Å². The fourth-order valence-electron chi connectivity index (χ4n) is 3.13. The number of nitrogens with zero attached hydrogens (tertiary/aromatic N) is 6. The number of hydrogen-bond acceptors (Lipinski definition) is 5. The number of aromatic nitrogens is 1. The van der Waals surface area contributed by atoms with Gasteiger partial charge >= 0.3 is 0 Å². The second-order valence-corrected chi connectivity index (χ2v) is 6.84. The lowest BCUT2D eigenvalue weighted by Crippen LogP contribution is -2.01. The quantitative estimate of drug-likeness (QED) is 0.215. The molecule has 0 aliphatic carbocycles. The Morgan fingerprint density at radius 2 is 1.29 bits per heavy atom. The number of hydrogen-bond donors (Lipinski definition) is 0. The normalized spacial score (nSPS) is 11.6. The third kappa shape index (κ3) is 5.94. The number of rotatable bonds is 8. The molecule has 0 saturated heterocycles. The Morgan fingerprint density at radius 3 is 1.69 bits per heavy atom. The van der Waals surface area contributed by atoms with E-state index in [4.69, 9.17) is 37.8 Å². The predicted octanol–water partition coefficient (Wildman–Crippen LogP) is 6.60. The molecule has 0 spiro atoms. The van der Waals surface area contributed by atoms with Gasteiger partial charge in [0.15, 0.2) is 11.5 Å². The topological polar surface area (TPSA) is 111 Å². The van der Waals surface area contributed by atoms with Crippen LogP contribution in [0.15, 0.2) is 80.9 Å². The minimum absolute atomic E-state index is 0.0244. The number of nitriles is 3. The van der Waals surface area contributed by atoms with Crippen LogP contribution in [-0.4, -0.2) is 4.57 Å². The standard InChI is InChI=1S/C27H16N6O2/c1-31-20(18-29)6-3-8-22-10-14-26(34-22)24-12-13-25(33(24)17-5-16-28)27-15-11-23(35-27)9-4-7-21(19-30)32-2/h3-4,6-15H,5,17H2/b8-3+,9-4+,20-6-,21-7+. The molecular weight excluding hydrogens is 440 g/mol. The maximum absolute atomic E-state index is 9.13. The molecule has 0 unspecified atom stereocenters. The average molecular weight is 456 g/mol. The summed E-state index contributed by atoms with van der Waals surface area (Å²) in [5.74, 6) is 2.26. The fourth-order valence-corrected chi connectivity index (χ4v) is 3.13. The summed E-state index contributed by atoms with van der Waals surface area (Å²) < 4.78 is 13.8. The Morgan fingerprint density at radius 1 is 0.800 bits per heavy atom. The minimum Gasteiger partial charge on any atom is -0.455 e. The van der Waals surface area contributed by atoms with Gasteiger partial charge in [0, 0.05) is 6.54 Å². The largest absolute Gasteiger partial charge is 0.455 e. The van der Waals surface area contributed by atoms with Gasteiger partial charge < -0.3 is 13.4 Å². The molecule has 0 bridgehead atoms. The summed E-state index contributed by atoms with van der Waals surface area (Å²) >= 11 is 0. The van der Waals surface area contributed by atoms with Crippen molar-refractivity contribution < 1.29 is 8.83 Å². The molecule has 166 valence electrons. The van der Waals surface area contributed by atoms with Crippen LogP contribution in [0.2, 0.25) is 0 Å². The van der Waals surface area contributed by atoms with Crippen molar-refractivity contribution in [1.29, 1.82) is 15.8 Å². The summed E-state index contributed by atoms with van der Waals surface area (Å²) in [6, 6.07) is 16.6. The Balaban J connectivity index is 1.90. The minimum atomic E-state index is -0.0244. The Labute approximate surface area is 202 Å².